The Labute approximate surface area is 185 Å². The summed E-state index contributed by atoms with van der Waals surface area (Å²) < 4.78 is 11.0. The summed E-state index contributed by atoms with van der Waals surface area (Å²) in [5.41, 5.74) is 2.23. The van der Waals surface area contributed by atoms with E-state index in [1.54, 1.807) is 13.1 Å². The minimum atomic E-state index is -0.916. The molecular weight excluding hydrogens is 404 g/mol. The molecule has 0 aliphatic rings. The molecule has 0 aliphatic carbocycles. The van der Waals surface area contributed by atoms with E-state index in [9.17, 15) is 9.59 Å². The third-order valence-electron chi connectivity index (χ3n) is 4.90. The summed E-state index contributed by atoms with van der Waals surface area (Å²) in [5, 5.41) is 4.12. The van der Waals surface area contributed by atoms with Crippen LogP contribution in [0.4, 0.5) is 4.79 Å². The zero-order chi connectivity index (χ0) is 22.3. The Balaban J connectivity index is 1.50. The van der Waals surface area contributed by atoms with E-state index < -0.39 is 18.1 Å². The molecule has 0 saturated carbocycles. The lowest BCUT2D eigenvalue weighted by Crippen LogP contribution is -2.41. The molecule has 6 heteroatoms. The predicted molar refractivity (Wildman–Crippen MR) is 122 cm³/mol. The van der Waals surface area contributed by atoms with Crippen molar-refractivity contribution >= 4 is 22.8 Å². The van der Waals surface area contributed by atoms with Gasteiger partial charge in [0.15, 0.2) is 5.75 Å². The minimum Gasteiger partial charge on any atom is -0.445 e. The number of hydrogen-bond acceptors (Lipinski definition) is 5. The lowest BCUT2D eigenvalue weighted by atomic mass is 10.1. The number of alkyl carbamates (subject to hydrolysis) is 1. The van der Waals surface area contributed by atoms with Crippen LogP contribution < -0.4 is 10.1 Å². The average Bonchev–Trinajstić information content (AvgIpc) is 2.84. The first-order chi connectivity index (χ1) is 15.6. The molecule has 1 aromatic heterocycles. The fraction of sp³-hybridized carbons (Fsp3) is 0.115. The Morgan fingerprint density at radius 3 is 2.31 bits per heavy atom. The lowest BCUT2D eigenvalue weighted by Gasteiger charge is -2.16. The molecule has 1 amide bonds. The van der Waals surface area contributed by atoms with Gasteiger partial charge in [0.2, 0.25) is 0 Å². The number of benzene rings is 3. The van der Waals surface area contributed by atoms with E-state index in [1.165, 1.54) is 0 Å². The highest BCUT2D eigenvalue weighted by atomic mass is 16.6. The standard InChI is InChI=1S/C26H22N2O4/c1-18(28-26(30)31-17-19-10-4-2-5-11-19)25(29)32-24-22-15-9-8-14-21(22)16-27-23(24)20-12-6-3-7-13-20/h2-16,18H,17H2,1H3,(H,28,30)/t18-/m0/s1. The number of nitrogens with one attached hydrogen (secondary N) is 1. The largest absolute Gasteiger partial charge is 0.445 e. The number of hydrogen-bond donors (Lipinski definition) is 1. The van der Waals surface area contributed by atoms with Crippen molar-refractivity contribution in [2.24, 2.45) is 0 Å². The van der Waals surface area contributed by atoms with Crippen LogP contribution in [0.1, 0.15) is 12.5 Å². The van der Waals surface area contributed by atoms with Crippen LogP contribution in [-0.4, -0.2) is 23.1 Å². The van der Waals surface area contributed by atoms with Crippen molar-refractivity contribution in [2.45, 2.75) is 19.6 Å². The van der Waals surface area contributed by atoms with Crippen LogP contribution >= 0.6 is 0 Å². The van der Waals surface area contributed by atoms with Gasteiger partial charge in [-0.2, -0.15) is 0 Å². The highest BCUT2D eigenvalue weighted by Crippen LogP contribution is 2.35. The van der Waals surface area contributed by atoms with E-state index in [4.69, 9.17) is 9.47 Å². The first-order valence-electron chi connectivity index (χ1n) is 10.2. The quantitative estimate of drug-likeness (QED) is 0.433. The molecule has 1 N–H and O–H groups in total. The second-order valence-corrected chi connectivity index (χ2v) is 7.24. The monoisotopic (exact) mass is 426 g/mol. The fourth-order valence-electron chi connectivity index (χ4n) is 3.23. The molecule has 1 atom stereocenters. The van der Waals surface area contributed by atoms with E-state index in [0.29, 0.717) is 11.4 Å². The molecule has 0 radical (unpaired) electrons. The van der Waals surface area contributed by atoms with Crippen LogP contribution in [0.25, 0.3) is 22.0 Å². The van der Waals surface area contributed by atoms with Crippen molar-refractivity contribution < 1.29 is 19.1 Å². The highest BCUT2D eigenvalue weighted by molar-refractivity contribution is 5.96. The number of ether oxygens (including phenoxy) is 2. The molecule has 4 rings (SSSR count). The summed E-state index contributed by atoms with van der Waals surface area (Å²) in [5.74, 6) is -0.261. The topological polar surface area (TPSA) is 77.5 Å². The molecule has 0 bridgehead atoms. The molecular formula is C26H22N2O4. The van der Waals surface area contributed by atoms with Gasteiger partial charge in [0.1, 0.15) is 18.3 Å². The SMILES string of the molecule is C[C@H](NC(=O)OCc1ccccc1)C(=O)Oc1c(-c2ccccc2)ncc2ccccc12. The maximum Gasteiger partial charge on any atom is 0.408 e. The van der Waals surface area contributed by atoms with Gasteiger partial charge in [-0.05, 0) is 12.5 Å². The van der Waals surface area contributed by atoms with E-state index >= 15 is 0 Å². The number of carbonyl (C=O) groups excluding carboxylic acids is 2. The summed E-state index contributed by atoms with van der Waals surface area (Å²) in [7, 11) is 0. The summed E-state index contributed by atoms with van der Waals surface area (Å²) in [4.78, 5) is 29.5. The first-order valence-corrected chi connectivity index (χ1v) is 10.2. The van der Waals surface area contributed by atoms with Gasteiger partial charge in [0, 0.05) is 22.5 Å². The third kappa shape index (κ3) is 4.92. The number of nitrogens with zero attached hydrogens (tertiary/aromatic N) is 1. The van der Waals surface area contributed by atoms with Crippen molar-refractivity contribution in [3.63, 3.8) is 0 Å². The highest BCUT2D eigenvalue weighted by Gasteiger charge is 2.22. The minimum absolute atomic E-state index is 0.111. The molecule has 0 unspecified atom stereocenters. The van der Waals surface area contributed by atoms with Crippen molar-refractivity contribution in [1.82, 2.24) is 10.3 Å². The maximum absolute atomic E-state index is 12.8. The molecule has 6 nitrogen and oxygen atoms in total. The Morgan fingerprint density at radius 2 is 1.56 bits per heavy atom. The Kier molecular flexibility index (Phi) is 6.41. The van der Waals surface area contributed by atoms with Crippen molar-refractivity contribution in [3.8, 4) is 17.0 Å². The Hall–Kier alpha value is -4.19. The number of amides is 1. The molecule has 32 heavy (non-hydrogen) atoms. The number of carbonyl (C=O) groups is 2. The predicted octanol–water partition coefficient (Wildman–Crippen LogP) is 5.12. The van der Waals surface area contributed by atoms with Gasteiger partial charge in [-0.3, -0.25) is 4.98 Å². The van der Waals surface area contributed by atoms with E-state index in [-0.39, 0.29) is 6.61 Å². The normalized spacial score (nSPS) is 11.5. The smallest absolute Gasteiger partial charge is 0.408 e. The second kappa shape index (κ2) is 9.75. The van der Waals surface area contributed by atoms with Crippen molar-refractivity contribution in [1.29, 1.82) is 0 Å². The van der Waals surface area contributed by atoms with Crippen LogP contribution in [0.3, 0.4) is 0 Å². The maximum atomic E-state index is 12.8. The number of rotatable bonds is 6. The van der Waals surface area contributed by atoms with Gasteiger partial charge >= 0.3 is 12.1 Å². The number of fused-ring (bicyclic) bond motifs is 1. The number of pyridine rings is 1. The van der Waals surface area contributed by atoms with Gasteiger partial charge in [0.05, 0.1) is 0 Å². The molecule has 0 saturated heterocycles. The summed E-state index contributed by atoms with van der Waals surface area (Å²) >= 11 is 0. The fourth-order valence-corrected chi connectivity index (χ4v) is 3.23. The van der Waals surface area contributed by atoms with Gasteiger partial charge in [-0.25, -0.2) is 9.59 Å². The molecule has 3 aromatic carbocycles. The van der Waals surface area contributed by atoms with Crippen LogP contribution in [0.5, 0.6) is 5.75 Å². The lowest BCUT2D eigenvalue weighted by molar-refractivity contribution is -0.136. The average molecular weight is 426 g/mol. The van der Waals surface area contributed by atoms with Crippen LogP contribution in [0.15, 0.2) is 91.1 Å². The number of aromatic nitrogens is 1. The summed E-state index contributed by atoms with van der Waals surface area (Å²) in [6.45, 7) is 1.66. The van der Waals surface area contributed by atoms with Crippen LogP contribution in [0, 0.1) is 0 Å². The van der Waals surface area contributed by atoms with Crippen LogP contribution in [-0.2, 0) is 16.1 Å². The zero-order valence-electron chi connectivity index (χ0n) is 17.5. The van der Waals surface area contributed by atoms with Gasteiger partial charge in [0.25, 0.3) is 0 Å². The third-order valence-corrected chi connectivity index (χ3v) is 4.90. The Morgan fingerprint density at radius 1 is 0.906 bits per heavy atom. The van der Waals surface area contributed by atoms with Gasteiger partial charge < -0.3 is 14.8 Å². The molecule has 0 fully saturated rings. The van der Waals surface area contributed by atoms with Gasteiger partial charge in [-0.1, -0.05) is 84.9 Å². The molecule has 1 heterocycles. The second-order valence-electron chi connectivity index (χ2n) is 7.24. The molecule has 4 aromatic rings. The first kappa shape index (κ1) is 21.1. The molecule has 160 valence electrons. The molecule has 0 aliphatic heterocycles. The van der Waals surface area contributed by atoms with E-state index in [0.717, 1.165) is 21.9 Å². The van der Waals surface area contributed by atoms with Crippen molar-refractivity contribution in [3.05, 3.63) is 96.7 Å². The summed E-state index contributed by atoms with van der Waals surface area (Å²) in [6, 6.07) is 25.4. The van der Waals surface area contributed by atoms with E-state index in [1.807, 2.05) is 84.9 Å². The van der Waals surface area contributed by atoms with E-state index in [2.05, 4.69) is 10.3 Å². The Bertz CT molecular complexity index is 1230. The van der Waals surface area contributed by atoms with Crippen LogP contribution in [0.2, 0.25) is 0 Å². The summed E-state index contributed by atoms with van der Waals surface area (Å²) in [6.07, 6.45) is 1.05. The van der Waals surface area contributed by atoms with Gasteiger partial charge in [-0.15, -0.1) is 0 Å². The molecule has 0 spiro atoms. The van der Waals surface area contributed by atoms with Crippen molar-refractivity contribution in [2.75, 3.05) is 0 Å². The zero-order valence-corrected chi connectivity index (χ0v) is 17.5. The number of esters is 1.